The first-order valence-electron chi connectivity index (χ1n) is 7.44. The van der Waals surface area contributed by atoms with E-state index in [1.807, 2.05) is 25.1 Å². The number of benzene rings is 1. The van der Waals surface area contributed by atoms with Crippen molar-refractivity contribution in [1.82, 2.24) is 14.9 Å². The molecule has 0 aliphatic carbocycles. The van der Waals surface area contributed by atoms with Gasteiger partial charge in [-0.15, -0.1) is 6.42 Å². The van der Waals surface area contributed by atoms with Gasteiger partial charge in [0.1, 0.15) is 11.6 Å². The molecule has 0 fully saturated rings. The SMILES string of the molecule is C#CCn1c(CCNC(C)C)nc2cc(OCC)ccc21. The fourth-order valence-electron chi connectivity index (χ4n) is 2.35. The fraction of sp³-hybridized carbons (Fsp3) is 0.471. The Morgan fingerprint density at radius 2 is 2.24 bits per heavy atom. The molecule has 0 amide bonds. The molecular weight excluding hydrogens is 262 g/mol. The molecule has 0 saturated heterocycles. The Labute approximate surface area is 126 Å². The van der Waals surface area contributed by atoms with Crippen molar-refractivity contribution in [3.05, 3.63) is 24.0 Å². The summed E-state index contributed by atoms with van der Waals surface area (Å²) in [5.41, 5.74) is 2.01. The van der Waals surface area contributed by atoms with Gasteiger partial charge in [0.15, 0.2) is 0 Å². The van der Waals surface area contributed by atoms with Gasteiger partial charge in [0, 0.05) is 25.1 Å². The molecular formula is C17H23N3O. The Bertz CT molecular complexity index is 637. The Kier molecular flexibility index (Phi) is 5.24. The Balaban J connectivity index is 2.30. The van der Waals surface area contributed by atoms with E-state index >= 15 is 0 Å². The van der Waals surface area contributed by atoms with Crippen molar-refractivity contribution < 1.29 is 4.74 Å². The maximum atomic E-state index is 5.53. The van der Waals surface area contributed by atoms with Crippen LogP contribution >= 0.6 is 0 Å². The largest absolute Gasteiger partial charge is 0.494 e. The van der Waals surface area contributed by atoms with Gasteiger partial charge in [-0.2, -0.15) is 0 Å². The lowest BCUT2D eigenvalue weighted by molar-refractivity contribution is 0.340. The van der Waals surface area contributed by atoms with Crippen LogP contribution in [0.1, 0.15) is 26.6 Å². The van der Waals surface area contributed by atoms with Gasteiger partial charge in [0.05, 0.1) is 24.2 Å². The molecule has 4 heteroatoms. The molecule has 1 aromatic carbocycles. The molecule has 0 bridgehead atoms. The third kappa shape index (κ3) is 3.77. The van der Waals surface area contributed by atoms with Crippen LogP contribution in [-0.2, 0) is 13.0 Å². The number of nitrogens with zero attached hydrogens (tertiary/aromatic N) is 2. The number of aromatic nitrogens is 2. The average molecular weight is 285 g/mol. The third-order valence-corrected chi connectivity index (χ3v) is 3.26. The molecule has 2 rings (SSSR count). The Hall–Kier alpha value is -1.99. The molecule has 0 aliphatic heterocycles. The molecule has 0 radical (unpaired) electrons. The monoisotopic (exact) mass is 285 g/mol. The second-order valence-corrected chi connectivity index (χ2v) is 5.26. The van der Waals surface area contributed by atoms with E-state index in [-0.39, 0.29) is 0 Å². The third-order valence-electron chi connectivity index (χ3n) is 3.26. The molecule has 2 aromatic rings. The van der Waals surface area contributed by atoms with Crippen molar-refractivity contribution >= 4 is 11.0 Å². The topological polar surface area (TPSA) is 39.1 Å². The number of rotatable bonds is 7. The van der Waals surface area contributed by atoms with Crippen LogP contribution < -0.4 is 10.1 Å². The number of nitrogens with one attached hydrogen (secondary N) is 1. The first kappa shape index (κ1) is 15.4. The number of hydrogen-bond donors (Lipinski definition) is 1. The van der Waals surface area contributed by atoms with Crippen LogP contribution in [0.3, 0.4) is 0 Å². The second-order valence-electron chi connectivity index (χ2n) is 5.26. The minimum Gasteiger partial charge on any atom is -0.494 e. The predicted octanol–water partition coefficient (Wildman–Crippen LogP) is 2.61. The van der Waals surface area contributed by atoms with Crippen molar-refractivity contribution in [3.63, 3.8) is 0 Å². The van der Waals surface area contributed by atoms with Gasteiger partial charge in [-0.3, -0.25) is 0 Å². The Morgan fingerprint density at radius 3 is 2.90 bits per heavy atom. The van der Waals surface area contributed by atoms with Crippen molar-refractivity contribution in [2.24, 2.45) is 0 Å². The highest BCUT2D eigenvalue weighted by molar-refractivity contribution is 5.78. The summed E-state index contributed by atoms with van der Waals surface area (Å²) in [6.45, 7) is 8.34. The summed E-state index contributed by atoms with van der Waals surface area (Å²) in [6.07, 6.45) is 6.35. The average Bonchev–Trinajstić information content (AvgIpc) is 2.77. The van der Waals surface area contributed by atoms with Crippen LogP contribution in [0, 0.1) is 12.3 Å². The number of terminal acetylenes is 1. The lowest BCUT2D eigenvalue weighted by atomic mass is 10.3. The van der Waals surface area contributed by atoms with Crippen LogP contribution in [-0.4, -0.2) is 28.7 Å². The zero-order valence-corrected chi connectivity index (χ0v) is 13.0. The van der Waals surface area contributed by atoms with Crippen molar-refractivity contribution in [2.45, 2.75) is 39.8 Å². The standard InChI is InChI=1S/C17H23N3O/c1-5-11-20-16-8-7-14(21-6-2)12-15(16)19-17(20)9-10-18-13(3)4/h1,7-8,12-13,18H,6,9-11H2,2-4H3. The van der Waals surface area contributed by atoms with Gasteiger partial charge in [-0.25, -0.2) is 4.98 Å². The molecule has 1 heterocycles. The molecule has 0 unspecified atom stereocenters. The summed E-state index contributed by atoms with van der Waals surface area (Å²) in [7, 11) is 0. The molecule has 1 N–H and O–H groups in total. The summed E-state index contributed by atoms with van der Waals surface area (Å²) in [5, 5.41) is 3.41. The van der Waals surface area contributed by atoms with Crippen molar-refractivity contribution in [3.8, 4) is 18.1 Å². The number of hydrogen-bond acceptors (Lipinski definition) is 3. The van der Waals surface area contributed by atoms with Crippen molar-refractivity contribution in [2.75, 3.05) is 13.2 Å². The smallest absolute Gasteiger partial charge is 0.121 e. The van der Waals surface area contributed by atoms with E-state index in [1.54, 1.807) is 0 Å². The van der Waals surface area contributed by atoms with E-state index in [0.717, 1.165) is 35.6 Å². The van der Waals surface area contributed by atoms with Crippen LogP contribution in [0.2, 0.25) is 0 Å². The van der Waals surface area contributed by atoms with Gasteiger partial charge in [-0.1, -0.05) is 19.8 Å². The summed E-state index contributed by atoms with van der Waals surface area (Å²) in [6, 6.07) is 6.45. The van der Waals surface area contributed by atoms with Gasteiger partial charge in [0.2, 0.25) is 0 Å². The van der Waals surface area contributed by atoms with Crippen LogP contribution in [0.4, 0.5) is 0 Å². The highest BCUT2D eigenvalue weighted by Crippen LogP contribution is 2.22. The highest BCUT2D eigenvalue weighted by Gasteiger charge is 2.11. The highest BCUT2D eigenvalue weighted by atomic mass is 16.5. The summed E-state index contributed by atoms with van der Waals surface area (Å²) < 4.78 is 7.64. The van der Waals surface area contributed by atoms with Gasteiger partial charge in [0.25, 0.3) is 0 Å². The maximum absolute atomic E-state index is 5.53. The van der Waals surface area contributed by atoms with Crippen molar-refractivity contribution in [1.29, 1.82) is 0 Å². The van der Waals surface area contributed by atoms with Gasteiger partial charge >= 0.3 is 0 Å². The molecule has 21 heavy (non-hydrogen) atoms. The molecule has 0 aliphatic rings. The lowest BCUT2D eigenvalue weighted by Gasteiger charge is -2.09. The van der Waals surface area contributed by atoms with E-state index in [9.17, 15) is 0 Å². The maximum Gasteiger partial charge on any atom is 0.121 e. The molecule has 1 aromatic heterocycles. The lowest BCUT2D eigenvalue weighted by Crippen LogP contribution is -2.25. The zero-order chi connectivity index (χ0) is 15.2. The first-order chi connectivity index (χ1) is 10.2. The number of fused-ring (bicyclic) bond motifs is 1. The van der Waals surface area contributed by atoms with E-state index in [4.69, 9.17) is 16.1 Å². The van der Waals surface area contributed by atoms with Gasteiger partial charge in [-0.05, 0) is 19.1 Å². The minimum atomic E-state index is 0.472. The minimum absolute atomic E-state index is 0.472. The second kappa shape index (κ2) is 7.14. The van der Waals surface area contributed by atoms with Gasteiger partial charge < -0.3 is 14.6 Å². The molecule has 0 saturated carbocycles. The van der Waals surface area contributed by atoms with E-state index in [0.29, 0.717) is 19.2 Å². The summed E-state index contributed by atoms with van der Waals surface area (Å²) in [4.78, 5) is 4.72. The normalized spacial score (nSPS) is 11.0. The molecule has 0 atom stereocenters. The van der Waals surface area contributed by atoms with E-state index in [1.165, 1.54) is 0 Å². The zero-order valence-electron chi connectivity index (χ0n) is 13.0. The molecule has 112 valence electrons. The van der Waals surface area contributed by atoms with Crippen LogP contribution in [0.15, 0.2) is 18.2 Å². The quantitative estimate of drug-likeness (QED) is 0.795. The predicted molar refractivity (Wildman–Crippen MR) is 86.6 cm³/mol. The molecule has 0 spiro atoms. The summed E-state index contributed by atoms with van der Waals surface area (Å²) >= 11 is 0. The number of ether oxygens (including phenoxy) is 1. The summed E-state index contributed by atoms with van der Waals surface area (Å²) in [5.74, 6) is 4.58. The Morgan fingerprint density at radius 1 is 1.43 bits per heavy atom. The van der Waals surface area contributed by atoms with Crippen LogP contribution in [0.25, 0.3) is 11.0 Å². The van der Waals surface area contributed by atoms with E-state index < -0.39 is 0 Å². The molecule has 4 nitrogen and oxygen atoms in total. The van der Waals surface area contributed by atoms with Crippen LogP contribution in [0.5, 0.6) is 5.75 Å². The first-order valence-corrected chi connectivity index (χ1v) is 7.44. The van der Waals surface area contributed by atoms with E-state index in [2.05, 4.69) is 29.7 Å². The number of imidazole rings is 1. The fourth-order valence-corrected chi connectivity index (χ4v) is 2.35.